The lowest BCUT2D eigenvalue weighted by atomic mass is 9.96. The van der Waals surface area contributed by atoms with Crippen LogP contribution < -0.4 is 10.1 Å². The van der Waals surface area contributed by atoms with Gasteiger partial charge in [-0.2, -0.15) is 0 Å². The minimum atomic E-state index is -0.345. The number of amides is 4. The molecule has 0 unspecified atom stereocenters. The monoisotopic (exact) mass is 493 g/mol. The van der Waals surface area contributed by atoms with Crippen LogP contribution in [0.5, 0.6) is 5.75 Å². The van der Waals surface area contributed by atoms with Gasteiger partial charge in [0.05, 0.1) is 4.91 Å². The van der Waals surface area contributed by atoms with Crippen LogP contribution in [0.25, 0.3) is 6.08 Å². The summed E-state index contributed by atoms with van der Waals surface area (Å²) in [5.74, 6) is -0.129. The number of para-hydroxylation sites is 1. The molecule has 2 fully saturated rings. The number of likely N-dealkylation sites (tertiary alicyclic amines) is 1. The highest BCUT2D eigenvalue weighted by atomic mass is 32.2. The first-order chi connectivity index (χ1) is 17.0. The standard InChI is InChI=1S/C26H27N3O5S/c30-23(18-34-21-9-5-2-6-10-21)28-14-11-20(12-15-28)24(31)27-13-16-29-25(32)22(35-26(29)33)17-19-7-3-1-4-8-19/h1-10,17,20H,11-16,18H2,(H,27,31)/b22-17-. The van der Waals surface area contributed by atoms with E-state index in [4.69, 9.17) is 4.74 Å². The Balaban J connectivity index is 1.18. The SMILES string of the molecule is O=C(NCCN1C(=O)S/C(=C\c2ccccc2)C1=O)C1CCN(C(=O)COc2ccccc2)CC1. The van der Waals surface area contributed by atoms with Crippen molar-refractivity contribution >= 4 is 40.8 Å². The van der Waals surface area contributed by atoms with Crippen LogP contribution >= 0.6 is 11.8 Å². The van der Waals surface area contributed by atoms with Gasteiger partial charge >= 0.3 is 0 Å². The molecule has 4 amide bonds. The maximum absolute atomic E-state index is 12.6. The molecule has 2 heterocycles. The maximum atomic E-state index is 12.6. The highest BCUT2D eigenvalue weighted by Crippen LogP contribution is 2.31. The van der Waals surface area contributed by atoms with E-state index in [0.29, 0.717) is 36.6 Å². The topological polar surface area (TPSA) is 96.0 Å². The van der Waals surface area contributed by atoms with Crippen LogP contribution in [0.15, 0.2) is 65.6 Å². The van der Waals surface area contributed by atoms with Crippen LogP contribution in [0, 0.1) is 5.92 Å². The minimum absolute atomic E-state index is 0.0303. The van der Waals surface area contributed by atoms with Crippen molar-refractivity contribution in [2.75, 3.05) is 32.8 Å². The number of benzene rings is 2. The number of piperidine rings is 1. The van der Waals surface area contributed by atoms with E-state index in [9.17, 15) is 19.2 Å². The predicted molar refractivity (Wildman–Crippen MR) is 133 cm³/mol. The average molecular weight is 494 g/mol. The van der Waals surface area contributed by atoms with Crippen LogP contribution in [0.3, 0.4) is 0 Å². The molecule has 0 radical (unpaired) electrons. The molecule has 0 saturated carbocycles. The van der Waals surface area contributed by atoms with E-state index < -0.39 is 0 Å². The molecule has 0 bridgehead atoms. The number of nitrogens with one attached hydrogen (secondary N) is 1. The zero-order chi connectivity index (χ0) is 24.6. The molecule has 9 heteroatoms. The second-order valence-corrected chi connectivity index (χ2v) is 9.29. The summed E-state index contributed by atoms with van der Waals surface area (Å²) in [6.07, 6.45) is 2.82. The molecular weight excluding hydrogens is 466 g/mol. The maximum Gasteiger partial charge on any atom is 0.293 e. The van der Waals surface area contributed by atoms with Crippen molar-refractivity contribution in [1.29, 1.82) is 0 Å². The fourth-order valence-corrected chi connectivity index (χ4v) is 4.84. The van der Waals surface area contributed by atoms with E-state index in [1.165, 1.54) is 0 Å². The Morgan fingerprint density at radius 1 is 1.00 bits per heavy atom. The summed E-state index contributed by atoms with van der Waals surface area (Å²) in [6.45, 7) is 1.26. The summed E-state index contributed by atoms with van der Waals surface area (Å²) in [5.41, 5.74) is 0.850. The Hall–Kier alpha value is -3.59. The van der Waals surface area contributed by atoms with Crippen molar-refractivity contribution in [2.24, 2.45) is 5.92 Å². The van der Waals surface area contributed by atoms with Gasteiger partial charge in [0.15, 0.2) is 6.61 Å². The quantitative estimate of drug-likeness (QED) is 0.568. The lowest BCUT2D eigenvalue weighted by Crippen LogP contribution is -2.45. The number of carbonyl (C=O) groups is 4. The summed E-state index contributed by atoms with van der Waals surface area (Å²) in [7, 11) is 0. The lowest BCUT2D eigenvalue weighted by molar-refractivity contribution is -0.137. The molecule has 1 N–H and O–H groups in total. The molecule has 0 aromatic heterocycles. The number of ether oxygens (including phenoxy) is 1. The highest BCUT2D eigenvalue weighted by Gasteiger charge is 2.35. The van der Waals surface area contributed by atoms with E-state index >= 15 is 0 Å². The van der Waals surface area contributed by atoms with Gasteiger partial charge in [-0.05, 0) is 48.4 Å². The van der Waals surface area contributed by atoms with Gasteiger partial charge in [-0.1, -0.05) is 48.5 Å². The molecule has 35 heavy (non-hydrogen) atoms. The first-order valence-corrected chi connectivity index (χ1v) is 12.4. The molecule has 0 aliphatic carbocycles. The molecule has 0 atom stereocenters. The Morgan fingerprint density at radius 2 is 1.66 bits per heavy atom. The van der Waals surface area contributed by atoms with E-state index in [0.717, 1.165) is 22.2 Å². The first kappa shape index (κ1) is 24.5. The van der Waals surface area contributed by atoms with Crippen molar-refractivity contribution in [3.8, 4) is 5.75 Å². The van der Waals surface area contributed by atoms with Crippen molar-refractivity contribution < 1.29 is 23.9 Å². The van der Waals surface area contributed by atoms with Gasteiger partial charge in [0, 0.05) is 32.1 Å². The third kappa shape index (κ3) is 6.51. The molecule has 2 saturated heterocycles. The number of imide groups is 1. The third-order valence-electron chi connectivity index (χ3n) is 5.93. The largest absolute Gasteiger partial charge is 0.484 e. The zero-order valence-electron chi connectivity index (χ0n) is 19.2. The Labute approximate surface area is 208 Å². The molecule has 2 aromatic carbocycles. The summed E-state index contributed by atoms with van der Waals surface area (Å²) in [6, 6.07) is 18.5. The van der Waals surface area contributed by atoms with E-state index in [2.05, 4.69) is 5.32 Å². The van der Waals surface area contributed by atoms with Crippen LogP contribution in [-0.2, 0) is 14.4 Å². The molecule has 2 aliphatic heterocycles. The molecule has 8 nitrogen and oxygen atoms in total. The summed E-state index contributed by atoms with van der Waals surface area (Å²) < 4.78 is 5.52. The molecule has 0 spiro atoms. The first-order valence-electron chi connectivity index (χ1n) is 11.5. The van der Waals surface area contributed by atoms with Gasteiger partial charge in [0.1, 0.15) is 5.75 Å². The Bertz CT molecular complexity index is 1100. The molecule has 2 aliphatic rings. The number of nitrogens with zero attached hydrogens (tertiary/aromatic N) is 2. The van der Waals surface area contributed by atoms with Crippen molar-refractivity contribution in [3.63, 3.8) is 0 Å². The molecule has 182 valence electrons. The summed E-state index contributed by atoms with van der Waals surface area (Å²) >= 11 is 0.907. The van der Waals surface area contributed by atoms with E-state index in [-0.39, 0.29) is 48.6 Å². The van der Waals surface area contributed by atoms with Crippen LogP contribution in [0.4, 0.5) is 4.79 Å². The number of thioether (sulfide) groups is 1. The van der Waals surface area contributed by atoms with Crippen molar-refractivity contribution in [2.45, 2.75) is 12.8 Å². The second-order valence-electron chi connectivity index (χ2n) is 8.29. The summed E-state index contributed by atoms with van der Waals surface area (Å²) in [5, 5.41) is 2.50. The van der Waals surface area contributed by atoms with Crippen LogP contribution in [0.2, 0.25) is 0 Å². The van der Waals surface area contributed by atoms with E-state index in [1.807, 2.05) is 48.5 Å². The van der Waals surface area contributed by atoms with Crippen LogP contribution in [0.1, 0.15) is 18.4 Å². The van der Waals surface area contributed by atoms with Gasteiger partial charge in [-0.25, -0.2) is 0 Å². The fourth-order valence-electron chi connectivity index (χ4n) is 3.97. The predicted octanol–water partition coefficient (Wildman–Crippen LogP) is 3.16. The zero-order valence-corrected chi connectivity index (χ0v) is 20.0. The number of hydrogen-bond acceptors (Lipinski definition) is 6. The highest BCUT2D eigenvalue weighted by molar-refractivity contribution is 8.18. The van der Waals surface area contributed by atoms with Gasteiger partial charge in [-0.15, -0.1) is 0 Å². The Kier molecular flexibility index (Phi) is 8.20. The smallest absolute Gasteiger partial charge is 0.293 e. The molecule has 4 rings (SSSR count). The lowest BCUT2D eigenvalue weighted by Gasteiger charge is -2.31. The number of rotatable bonds is 8. The van der Waals surface area contributed by atoms with Crippen LogP contribution in [-0.4, -0.2) is 65.5 Å². The van der Waals surface area contributed by atoms with Crippen molar-refractivity contribution in [1.82, 2.24) is 15.1 Å². The van der Waals surface area contributed by atoms with Gasteiger partial charge < -0.3 is 15.0 Å². The van der Waals surface area contributed by atoms with Crippen molar-refractivity contribution in [3.05, 3.63) is 71.1 Å². The fraction of sp³-hybridized carbons (Fsp3) is 0.308. The molecule has 2 aromatic rings. The third-order valence-corrected chi connectivity index (χ3v) is 6.84. The van der Waals surface area contributed by atoms with Gasteiger partial charge in [0.2, 0.25) is 5.91 Å². The van der Waals surface area contributed by atoms with Gasteiger partial charge in [0.25, 0.3) is 17.1 Å². The normalized spacial score (nSPS) is 17.7. The summed E-state index contributed by atoms with van der Waals surface area (Å²) in [4.78, 5) is 53.1. The number of hydrogen-bond donors (Lipinski definition) is 1. The van der Waals surface area contributed by atoms with E-state index in [1.54, 1.807) is 23.1 Å². The van der Waals surface area contributed by atoms with Gasteiger partial charge in [-0.3, -0.25) is 24.1 Å². The second kappa shape index (κ2) is 11.7. The number of carbonyl (C=O) groups excluding carboxylic acids is 4. The minimum Gasteiger partial charge on any atom is -0.484 e. The molecular formula is C26H27N3O5S. The Morgan fingerprint density at radius 3 is 2.34 bits per heavy atom. The average Bonchev–Trinajstić information content (AvgIpc) is 3.15.